The van der Waals surface area contributed by atoms with Crippen molar-refractivity contribution in [1.82, 2.24) is 5.43 Å². The smallest absolute Gasteiger partial charge is 0.343 e. The average Bonchev–Trinajstić information content (AvgIpc) is 2.93. The van der Waals surface area contributed by atoms with Crippen LogP contribution in [0.25, 0.3) is 10.8 Å². The second kappa shape index (κ2) is 11.7. The van der Waals surface area contributed by atoms with Crippen molar-refractivity contribution in [1.29, 1.82) is 0 Å². The molecule has 37 heavy (non-hydrogen) atoms. The van der Waals surface area contributed by atoms with Crippen LogP contribution in [0.3, 0.4) is 0 Å². The number of nitrogens with one attached hydrogen (secondary N) is 1. The monoisotopic (exact) mass is 502 g/mol. The molecule has 8 nitrogen and oxygen atoms in total. The normalized spacial score (nSPS) is 10.8. The van der Waals surface area contributed by atoms with Crippen molar-refractivity contribution >= 4 is 28.9 Å². The molecule has 0 bridgehead atoms. The van der Waals surface area contributed by atoms with Crippen LogP contribution >= 0.6 is 0 Å². The Hall–Kier alpha value is -4.92. The number of methoxy groups -OCH3 is 2. The summed E-state index contributed by atoms with van der Waals surface area (Å²) in [6.45, 7) is -0.320. The van der Waals surface area contributed by atoms with Gasteiger partial charge in [-0.1, -0.05) is 30.3 Å². The quantitative estimate of drug-likeness (QED) is 0.154. The van der Waals surface area contributed by atoms with Gasteiger partial charge in [-0.05, 0) is 59.3 Å². The van der Waals surface area contributed by atoms with Gasteiger partial charge in [0.1, 0.15) is 17.3 Å². The Morgan fingerprint density at radius 2 is 1.62 bits per heavy atom. The number of hydrogen-bond donors (Lipinski definition) is 1. The van der Waals surface area contributed by atoms with E-state index in [9.17, 15) is 14.0 Å². The molecule has 0 heterocycles. The van der Waals surface area contributed by atoms with Gasteiger partial charge in [-0.25, -0.2) is 14.6 Å². The minimum Gasteiger partial charge on any atom is -0.493 e. The SMILES string of the molecule is COc1ccc(C(=O)Oc2ccc3ccccc3c2C=NNC(=O)COc2ccc(F)cc2)cc1OC. The Bertz CT molecular complexity index is 1450. The van der Waals surface area contributed by atoms with Gasteiger partial charge < -0.3 is 18.9 Å². The minimum atomic E-state index is -0.609. The molecule has 4 rings (SSSR count). The van der Waals surface area contributed by atoms with E-state index < -0.39 is 17.7 Å². The molecule has 0 radical (unpaired) electrons. The summed E-state index contributed by atoms with van der Waals surface area (Å²) in [7, 11) is 2.98. The van der Waals surface area contributed by atoms with Crippen LogP contribution in [0.5, 0.6) is 23.0 Å². The number of amides is 1. The van der Waals surface area contributed by atoms with Crippen LogP contribution in [0.1, 0.15) is 15.9 Å². The van der Waals surface area contributed by atoms with Crippen molar-refractivity contribution in [3.8, 4) is 23.0 Å². The summed E-state index contributed by atoms with van der Waals surface area (Å²) < 4.78 is 34.5. The van der Waals surface area contributed by atoms with Crippen LogP contribution in [-0.2, 0) is 4.79 Å². The van der Waals surface area contributed by atoms with E-state index in [1.54, 1.807) is 18.2 Å². The highest BCUT2D eigenvalue weighted by atomic mass is 19.1. The number of hydrazone groups is 1. The van der Waals surface area contributed by atoms with Gasteiger partial charge in [0, 0.05) is 5.56 Å². The predicted molar refractivity (Wildman–Crippen MR) is 136 cm³/mol. The number of carbonyl (C=O) groups excluding carboxylic acids is 2. The molecule has 4 aromatic carbocycles. The van der Waals surface area contributed by atoms with Gasteiger partial charge in [0.15, 0.2) is 18.1 Å². The Morgan fingerprint density at radius 3 is 2.38 bits per heavy atom. The van der Waals surface area contributed by atoms with Crippen molar-refractivity contribution in [3.05, 3.63) is 95.8 Å². The van der Waals surface area contributed by atoms with Crippen molar-refractivity contribution in [2.45, 2.75) is 0 Å². The lowest BCUT2D eigenvalue weighted by atomic mass is 10.0. The average molecular weight is 502 g/mol. The molecule has 0 fully saturated rings. The van der Waals surface area contributed by atoms with Gasteiger partial charge in [0.2, 0.25) is 0 Å². The molecule has 1 N–H and O–H groups in total. The number of benzene rings is 4. The topological polar surface area (TPSA) is 95.5 Å². The van der Waals surface area contributed by atoms with Crippen LogP contribution in [-0.4, -0.2) is 38.9 Å². The predicted octanol–water partition coefficient (Wildman–Crippen LogP) is 4.74. The first-order valence-electron chi connectivity index (χ1n) is 11.1. The van der Waals surface area contributed by atoms with E-state index in [-0.39, 0.29) is 17.9 Å². The number of carbonyl (C=O) groups is 2. The lowest BCUT2D eigenvalue weighted by Crippen LogP contribution is -2.24. The molecule has 4 aromatic rings. The van der Waals surface area contributed by atoms with Gasteiger partial charge in [-0.3, -0.25) is 4.79 Å². The molecule has 0 atom stereocenters. The molecule has 188 valence electrons. The second-order valence-electron chi connectivity index (χ2n) is 7.69. The Kier molecular flexibility index (Phi) is 7.95. The van der Waals surface area contributed by atoms with Crippen molar-refractivity contribution in [3.63, 3.8) is 0 Å². The van der Waals surface area contributed by atoms with Gasteiger partial charge in [-0.15, -0.1) is 0 Å². The van der Waals surface area contributed by atoms with Gasteiger partial charge in [0.05, 0.1) is 26.0 Å². The highest BCUT2D eigenvalue weighted by Crippen LogP contribution is 2.30. The van der Waals surface area contributed by atoms with E-state index in [4.69, 9.17) is 18.9 Å². The summed E-state index contributed by atoms with van der Waals surface area (Å²) >= 11 is 0. The number of fused-ring (bicyclic) bond motifs is 1. The Labute approximate surface area is 212 Å². The van der Waals surface area contributed by atoms with Crippen LogP contribution < -0.4 is 24.4 Å². The van der Waals surface area contributed by atoms with Crippen molar-refractivity contribution in [2.24, 2.45) is 5.10 Å². The third kappa shape index (κ3) is 6.21. The zero-order valence-corrected chi connectivity index (χ0v) is 20.1. The number of esters is 1. The summed E-state index contributed by atoms with van der Waals surface area (Å²) in [5.74, 6) is -0.0658. The highest BCUT2D eigenvalue weighted by molar-refractivity contribution is 6.04. The van der Waals surface area contributed by atoms with E-state index >= 15 is 0 Å². The number of nitrogens with zero attached hydrogens (tertiary/aromatic N) is 1. The minimum absolute atomic E-state index is 0.249. The summed E-state index contributed by atoms with van der Waals surface area (Å²) in [5, 5.41) is 5.67. The van der Waals surface area contributed by atoms with Crippen LogP contribution in [0, 0.1) is 5.82 Å². The van der Waals surface area contributed by atoms with Crippen LogP contribution in [0.2, 0.25) is 0 Å². The first-order valence-corrected chi connectivity index (χ1v) is 11.1. The summed E-state index contributed by atoms with van der Waals surface area (Å²) in [5.41, 5.74) is 3.13. The molecule has 0 aliphatic heterocycles. The van der Waals surface area contributed by atoms with Gasteiger partial charge in [-0.2, -0.15) is 5.10 Å². The van der Waals surface area contributed by atoms with Crippen LogP contribution in [0.15, 0.2) is 84.0 Å². The zero-order valence-electron chi connectivity index (χ0n) is 20.1. The van der Waals surface area contributed by atoms with Crippen molar-refractivity contribution < 1.29 is 32.9 Å². The molecule has 0 saturated heterocycles. The molecule has 9 heteroatoms. The van der Waals surface area contributed by atoms with Gasteiger partial charge >= 0.3 is 5.97 Å². The fourth-order valence-corrected chi connectivity index (χ4v) is 3.50. The Balaban J connectivity index is 1.52. The maximum atomic E-state index is 13.0. The third-order valence-corrected chi connectivity index (χ3v) is 5.32. The Morgan fingerprint density at radius 1 is 0.892 bits per heavy atom. The maximum absolute atomic E-state index is 13.0. The van der Waals surface area contributed by atoms with E-state index in [0.29, 0.717) is 22.8 Å². The van der Waals surface area contributed by atoms with Gasteiger partial charge in [0.25, 0.3) is 5.91 Å². The molecule has 0 saturated carbocycles. The lowest BCUT2D eigenvalue weighted by molar-refractivity contribution is -0.123. The number of ether oxygens (including phenoxy) is 4. The molecular weight excluding hydrogens is 479 g/mol. The molecule has 0 aliphatic rings. The van der Waals surface area contributed by atoms with E-state index in [0.717, 1.165) is 10.8 Å². The summed E-state index contributed by atoms with van der Waals surface area (Å²) in [6.07, 6.45) is 1.40. The molecule has 1 amide bonds. The first kappa shape index (κ1) is 25.2. The molecule has 0 spiro atoms. The van der Waals surface area contributed by atoms with E-state index in [2.05, 4.69) is 10.5 Å². The van der Waals surface area contributed by atoms with E-state index in [1.165, 1.54) is 50.8 Å². The summed E-state index contributed by atoms with van der Waals surface area (Å²) in [4.78, 5) is 25.1. The molecule has 0 aliphatic carbocycles. The standard InChI is InChI=1S/C28H23FN2O6/c1-34-25-14-8-19(15-26(25)35-2)28(33)37-24-13-7-18-5-3-4-6-22(18)23(24)16-30-31-27(32)17-36-21-11-9-20(29)10-12-21/h3-16H,17H2,1-2H3,(H,31,32). The van der Waals surface area contributed by atoms with Crippen molar-refractivity contribution in [2.75, 3.05) is 20.8 Å². The lowest BCUT2D eigenvalue weighted by Gasteiger charge is -2.12. The summed E-state index contributed by atoms with van der Waals surface area (Å²) in [6, 6.07) is 21.0. The third-order valence-electron chi connectivity index (χ3n) is 5.32. The molecule has 0 aromatic heterocycles. The second-order valence-corrected chi connectivity index (χ2v) is 7.69. The largest absolute Gasteiger partial charge is 0.493 e. The fourth-order valence-electron chi connectivity index (χ4n) is 3.50. The fraction of sp³-hybridized carbons (Fsp3) is 0.107. The van der Waals surface area contributed by atoms with E-state index in [1.807, 2.05) is 30.3 Å². The molecule has 0 unspecified atom stereocenters. The molecular formula is C28H23FN2O6. The number of hydrogen-bond acceptors (Lipinski definition) is 7. The highest BCUT2D eigenvalue weighted by Gasteiger charge is 2.16. The number of halogens is 1. The zero-order chi connectivity index (χ0) is 26.2. The number of rotatable bonds is 9. The first-order chi connectivity index (χ1) is 18.0. The maximum Gasteiger partial charge on any atom is 0.343 e. The van der Waals surface area contributed by atoms with Crippen LogP contribution in [0.4, 0.5) is 4.39 Å².